The number of nitrogens with zero attached hydrogens (tertiary/aromatic N) is 3. The Morgan fingerprint density at radius 3 is 2.46 bits per heavy atom. The summed E-state index contributed by atoms with van der Waals surface area (Å²) in [6.07, 6.45) is 6.30. The molecule has 1 amide bonds. The molecule has 1 saturated carbocycles. The zero-order chi connectivity index (χ0) is 17.9. The molecule has 2 heterocycles. The molecule has 1 aliphatic heterocycles. The van der Waals surface area contributed by atoms with Gasteiger partial charge in [0.15, 0.2) is 0 Å². The first-order valence-corrected chi connectivity index (χ1v) is 9.51. The number of methoxy groups -OCH3 is 1. The molecule has 1 saturated heterocycles. The largest absolute Gasteiger partial charge is 0.497 e. The summed E-state index contributed by atoms with van der Waals surface area (Å²) in [4.78, 5) is 19.2. The molecule has 1 aromatic heterocycles. The van der Waals surface area contributed by atoms with E-state index >= 15 is 0 Å². The molecule has 26 heavy (non-hydrogen) atoms. The van der Waals surface area contributed by atoms with E-state index in [-0.39, 0.29) is 11.8 Å². The molecule has 0 bridgehead atoms. The number of piperidine rings is 1. The third-order valence-corrected chi connectivity index (χ3v) is 5.65. The zero-order valence-electron chi connectivity index (χ0n) is 15.2. The molecule has 2 fully saturated rings. The van der Waals surface area contributed by atoms with Gasteiger partial charge < -0.3 is 14.2 Å². The van der Waals surface area contributed by atoms with Gasteiger partial charge in [-0.15, -0.1) is 0 Å². The number of carbonyl (C=O) groups is 1. The zero-order valence-corrected chi connectivity index (χ0v) is 15.2. The maximum Gasteiger partial charge on any atom is 0.230 e. The van der Waals surface area contributed by atoms with Crippen LogP contribution in [0.15, 0.2) is 28.8 Å². The van der Waals surface area contributed by atoms with Crippen LogP contribution in [0.5, 0.6) is 5.75 Å². The van der Waals surface area contributed by atoms with Crippen molar-refractivity contribution in [1.29, 1.82) is 0 Å². The van der Waals surface area contributed by atoms with Crippen LogP contribution in [0.4, 0.5) is 0 Å². The van der Waals surface area contributed by atoms with E-state index in [0.717, 1.165) is 50.1 Å². The van der Waals surface area contributed by atoms with Crippen molar-refractivity contribution in [1.82, 2.24) is 15.0 Å². The Kier molecular flexibility index (Phi) is 4.91. The van der Waals surface area contributed by atoms with E-state index in [1.54, 1.807) is 7.11 Å². The number of amides is 1. The van der Waals surface area contributed by atoms with Crippen molar-refractivity contribution < 1.29 is 14.1 Å². The third kappa shape index (κ3) is 3.45. The Labute approximate surface area is 153 Å². The van der Waals surface area contributed by atoms with Crippen molar-refractivity contribution in [2.75, 3.05) is 20.2 Å². The van der Waals surface area contributed by atoms with Gasteiger partial charge in [-0.2, -0.15) is 4.98 Å². The van der Waals surface area contributed by atoms with Gasteiger partial charge in [0.1, 0.15) is 5.75 Å². The number of hydrogen-bond acceptors (Lipinski definition) is 5. The molecule has 0 atom stereocenters. The van der Waals surface area contributed by atoms with Crippen molar-refractivity contribution in [3.63, 3.8) is 0 Å². The van der Waals surface area contributed by atoms with Crippen molar-refractivity contribution in [3.05, 3.63) is 30.2 Å². The van der Waals surface area contributed by atoms with Crippen LogP contribution in [0.3, 0.4) is 0 Å². The van der Waals surface area contributed by atoms with Crippen LogP contribution in [-0.4, -0.2) is 41.1 Å². The SMILES string of the molecule is COc1ccc(-c2noc(C3CCN(C(=O)C4CCCC4)CC3)n2)cc1. The fourth-order valence-corrected chi connectivity index (χ4v) is 4.04. The summed E-state index contributed by atoms with van der Waals surface area (Å²) in [5.41, 5.74) is 0.912. The average Bonchev–Trinajstić information content (AvgIpc) is 3.40. The molecule has 0 unspecified atom stereocenters. The highest BCUT2D eigenvalue weighted by molar-refractivity contribution is 5.79. The Bertz CT molecular complexity index is 742. The van der Waals surface area contributed by atoms with Crippen molar-refractivity contribution in [3.8, 4) is 17.1 Å². The monoisotopic (exact) mass is 355 g/mol. The van der Waals surface area contributed by atoms with Crippen LogP contribution < -0.4 is 4.74 Å². The molecular formula is C20H25N3O3. The Hall–Kier alpha value is -2.37. The molecule has 4 rings (SSSR count). The number of ether oxygens (including phenoxy) is 1. The molecule has 1 aliphatic carbocycles. The van der Waals surface area contributed by atoms with E-state index in [2.05, 4.69) is 10.1 Å². The van der Waals surface area contributed by atoms with Gasteiger partial charge in [0.2, 0.25) is 17.6 Å². The van der Waals surface area contributed by atoms with Crippen LogP contribution >= 0.6 is 0 Å². The van der Waals surface area contributed by atoms with Gasteiger partial charge in [-0.05, 0) is 49.9 Å². The standard InChI is InChI=1S/C20H25N3O3/c1-25-17-8-6-14(7-9-17)18-21-19(26-22-18)15-10-12-23(13-11-15)20(24)16-4-2-3-5-16/h6-9,15-16H,2-5,10-13H2,1H3. The fraction of sp³-hybridized carbons (Fsp3) is 0.550. The normalized spacial score (nSPS) is 19.0. The summed E-state index contributed by atoms with van der Waals surface area (Å²) >= 11 is 0. The molecule has 6 nitrogen and oxygen atoms in total. The van der Waals surface area contributed by atoms with E-state index < -0.39 is 0 Å². The average molecular weight is 355 g/mol. The summed E-state index contributed by atoms with van der Waals surface area (Å²) in [5, 5.41) is 4.13. The van der Waals surface area contributed by atoms with Crippen LogP contribution in [-0.2, 0) is 4.79 Å². The lowest BCUT2D eigenvalue weighted by Crippen LogP contribution is -2.40. The summed E-state index contributed by atoms with van der Waals surface area (Å²) in [6, 6.07) is 7.63. The molecule has 6 heteroatoms. The number of carbonyl (C=O) groups excluding carboxylic acids is 1. The molecular weight excluding hydrogens is 330 g/mol. The summed E-state index contributed by atoms with van der Waals surface area (Å²) in [5.74, 6) is 2.94. The predicted octanol–water partition coefficient (Wildman–Crippen LogP) is 3.64. The maximum absolute atomic E-state index is 12.5. The second-order valence-corrected chi connectivity index (χ2v) is 7.27. The predicted molar refractivity (Wildman–Crippen MR) is 96.8 cm³/mol. The topological polar surface area (TPSA) is 68.5 Å². The number of likely N-dealkylation sites (tertiary alicyclic amines) is 1. The highest BCUT2D eigenvalue weighted by Gasteiger charge is 2.32. The fourth-order valence-electron chi connectivity index (χ4n) is 4.04. The minimum atomic E-state index is 0.238. The van der Waals surface area contributed by atoms with E-state index in [9.17, 15) is 4.79 Å². The molecule has 138 valence electrons. The second-order valence-electron chi connectivity index (χ2n) is 7.27. The molecule has 0 spiro atoms. The number of aromatic nitrogens is 2. The van der Waals surface area contributed by atoms with Crippen LogP contribution in [0.25, 0.3) is 11.4 Å². The van der Waals surface area contributed by atoms with Gasteiger partial charge in [0.05, 0.1) is 7.11 Å². The van der Waals surface area contributed by atoms with E-state index in [0.29, 0.717) is 17.6 Å². The number of benzene rings is 1. The molecule has 0 N–H and O–H groups in total. The minimum Gasteiger partial charge on any atom is -0.497 e. The summed E-state index contributed by atoms with van der Waals surface area (Å²) in [7, 11) is 1.64. The highest BCUT2D eigenvalue weighted by atomic mass is 16.5. The molecule has 2 aromatic rings. The van der Waals surface area contributed by atoms with Gasteiger partial charge in [-0.3, -0.25) is 4.79 Å². The summed E-state index contributed by atoms with van der Waals surface area (Å²) in [6.45, 7) is 1.58. The smallest absolute Gasteiger partial charge is 0.230 e. The Morgan fingerprint density at radius 2 is 1.81 bits per heavy atom. The van der Waals surface area contributed by atoms with Crippen molar-refractivity contribution in [2.24, 2.45) is 5.92 Å². The maximum atomic E-state index is 12.5. The Morgan fingerprint density at radius 1 is 1.12 bits per heavy atom. The van der Waals surface area contributed by atoms with Crippen molar-refractivity contribution in [2.45, 2.75) is 44.4 Å². The van der Waals surface area contributed by atoms with Gasteiger partial charge in [-0.25, -0.2) is 0 Å². The van der Waals surface area contributed by atoms with Gasteiger partial charge in [0, 0.05) is 30.5 Å². The highest BCUT2D eigenvalue weighted by Crippen LogP contribution is 2.32. The molecule has 2 aliphatic rings. The molecule has 0 radical (unpaired) electrons. The van der Waals surface area contributed by atoms with E-state index in [1.165, 1.54) is 12.8 Å². The lowest BCUT2D eigenvalue weighted by molar-refractivity contribution is -0.136. The molecule has 1 aromatic carbocycles. The lowest BCUT2D eigenvalue weighted by atomic mass is 9.95. The first-order valence-electron chi connectivity index (χ1n) is 9.51. The van der Waals surface area contributed by atoms with Crippen molar-refractivity contribution >= 4 is 5.91 Å². The number of hydrogen-bond donors (Lipinski definition) is 0. The van der Waals surface area contributed by atoms with Crippen LogP contribution in [0.1, 0.15) is 50.3 Å². The third-order valence-electron chi connectivity index (χ3n) is 5.65. The quantitative estimate of drug-likeness (QED) is 0.837. The van der Waals surface area contributed by atoms with E-state index in [4.69, 9.17) is 9.26 Å². The van der Waals surface area contributed by atoms with Gasteiger partial charge in [-0.1, -0.05) is 18.0 Å². The minimum absolute atomic E-state index is 0.238. The van der Waals surface area contributed by atoms with Gasteiger partial charge in [0.25, 0.3) is 0 Å². The van der Waals surface area contributed by atoms with Crippen LogP contribution in [0.2, 0.25) is 0 Å². The second kappa shape index (κ2) is 7.48. The van der Waals surface area contributed by atoms with Gasteiger partial charge >= 0.3 is 0 Å². The first-order chi connectivity index (χ1) is 12.7. The Balaban J connectivity index is 1.37. The van der Waals surface area contributed by atoms with Crippen LogP contribution in [0, 0.1) is 5.92 Å². The van der Waals surface area contributed by atoms with E-state index in [1.807, 2.05) is 29.2 Å². The summed E-state index contributed by atoms with van der Waals surface area (Å²) < 4.78 is 10.7. The lowest BCUT2D eigenvalue weighted by Gasteiger charge is -2.32. The first kappa shape index (κ1) is 17.1. The number of rotatable bonds is 4.